The maximum absolute atomic E-state index is 15.0. The average molecular weight is 578 g/mol. The smallest absolute Gasteiger partial charge is 0.357 e. The summed E-state index contributed by atoms with van der Waals surface area (Å²) in [7, 11) is 0. The summed E-state index contributed by atoms with van der Waals surface area (Å²) in [6.07, 6.45) is 4.83. The number of benzene rings is 1. The summed E-state index contributed by atoms with van der Waals surface area (Å²) in [5, 5.41) is 11.0. The number of carbonyl (C=O) groups is 1. The van der Waals surface area contributed by atoms with E-state index in [1.54, 1.807) is 17.2 Å². The molecule has 5 rings (SSSR count). The summed E-state index contributed by atoms with van der Waals surface area (Å²) < 4.78 is 16.2. The maximum Gasteiger partial charge on any atom is 0.357 e. The van der Waals surface area contributed by atoms with Crippen LogP contribution >= 0.6 is 11.6 Å². The average Bonchev–Trinajstić information content (AvgIpc) is 2.93. The van der Waals surface area contributed by atoms with Gasteiger partial charge in [0.05, 0.1) is 27.4 Å². The summed E-state index contributed by atoms with van der Waals surface area (Å²) in [5.74, 6) is -0.458. The Bertz CT molecular complexity index is 1700. The summed E-state index contributed by atoms with van der Waals surface area (Å²) in [6, 6.07) is 5.26. The maximum atomic E-state index is 15.0. The molecule has 4 heterocycles. The van der Waals surface area contributed by atoms with Crippen molar-refractivity contribution in [1.29, 1.82) is 0 Å². The molecule has 1 aliphatic rings. The Morgan fingerprint density at radius 1 is 1.22 bits per heavy atom. The van der Waals surface area contributed by atoms with E-state index in [0.29, 0.717) is 43.0 Å². The monoisotopic (exact) mass is 577 g/mol. The van der Waals surface area contributed by atoms with Crippen LogP contribution in [0.15, 0.2) is 54.1 Å². The Kier molecular flexibility index (Phi) is 7.72. The van der Waals surface area contributed by atoms with Crippen LogP contribution in [0.5, 0.6) is 5.75 Å². The first kappa shape index (κ1) is 28.2. The number of nitrogens with zero attached hydrogens (tertiary/aromatic N) is 7. The highest BCUT2D eigenvalue weighted by Crippen LogP contribution is 2.38. The third-order valence-corrected chi connectivity index (χ3v) is 7.27. The quantitative estimate of drug-likeness (QED) is 0.340. The number of hydrogen-bond donors (Lipinski definition) is 1. The molecule has 10 nitrogen and oxygen atoms in total. The highest BCUT2D eigenvalue weighted by Gasteiger charge is 2.30. The van der Waals surface area contributed by atoms with E-state index in [-0.39, 0.29) is 51.4 Å². The lowest BCUT2D eigenvalue weighted by molar-refractivity contribution is -0.126. The van der Waals surface area contributed by atoms with Crippen LogP contribution in [0.25, 0.3) is 28.1 Å². The van der Waals surface area contributed by atoms with Crippen molar-refractivity contribution in [3.05, 3.63) is 76.3 Å². The minimum Gasteiger partial charge on any atom is -0.507 e. The van der Waals surface area contributed by atoms with Gasteiger partial charge in [-0.25, -0.2) is 23.7 Å². The van der Waals surface area contributed by atoms with Gasteiger partial charge in [0.2, 0.25) is 5.91 Å². The van der Waals surface area contributed by atoms with Crippen molar-refractivity contribution >= 4 is 34.4 Å². The number of piperazine rings is 1. The molecule has 0 spiro atoms. The van der Waals surface area contributed by atoms with E-state index in [4.69, 9.17) is 11.6 Å². The fourth-order valence-corrected chi connectivity index (χ4v) is 5.36. The highest BCUT2D eigenvalue weighted by molar-refractivity contribution is 6.34. The number of pyridine rings is 1. The number of phenolic OH excluding ortho intramolecular Hbond substituents is 1. The Labute approximate surface area is 240 Å². The lowest BCUT2D eigenvalue weighted by atomic mass is 10.1. The molecule has 1 aliphatic heterocycles. The van der Waals surface area contributed by atoms with Crippen LogP contribution in [0.4, 0.5) is 10.2 Å². The molecule has 0 bridgehead atoms. The molecule has 41 heavy (non-hydrogen) atoms. The number of aromatic hydroxyl groups is 1. The van der Waals surface area contributed by atoms with E-state index in [9.17, 15) is 19.1 Å². The predicted octanol–water partition coefficient (Wildman–Crippen LogP) is 4.16. The summed E-state index contributed by atoms with van der Waals surface area (Å²) >= 11 is 6.68. The normalized spacial score (nSPS) is 15.5. The van der Waals surface area contributed by atoms with E-state index in [1.165, 1.54) is 35.0 Å². The summed E-state index contributed by atoms with van der Waals surface area (Å²) in [5.41, 5.74) is -0.192. The third-order valence-electron chi connectivity index (χ3n) is 6.98. The van der Waals surface area contributed by atoms with E-state index in [2.05, 4.69) is 26.5 Å². The first-order chi connectivity index (χ1) is 19.6. The van der Waals surface area contributed by atoms with Crippen LogP contribution in [-0.2, 0) is 11.2 Å². The van der Waals surface area contributed by atoms with Crippen LogP contribution in [0.1, 0.15) is 26.5 Å². The van der Waals surface area contributed by atoms with Gasteiger partial charge in [0, 0.05) is 38.1 Å². The van der Waals surface area contributed by atoms with E-state index in [1.807, 2.05) is 25.7 Å². The zero-order valence-corrected chi connectivity index (χ0v) is 23.6. The second-order valence-electron chi connectivity index (χ2n) is 10.3. The lowest BCUT2D eigenvalue weighted by Crippen LogP contribution is -2.54. The van der Waals surface area contributed by atoms with Gasteiger partial charge in [-0.3, -0.25) is 9.78 Å². The van der Waals surface area contributed by atoms with E-state index < -0.39 is 11.5 Å². The molecule has 4 aromatic rings. The first-order valence-corrected chi connectivity index (χ1v) is 13.6. The van der Waals surface area contributed by atoms with Crippen LogP contribution in [0.2, 0.25) is 5.02 Å². The van der Waals surface area contributed by atoms with Gasteiger partial charge in [-0.05, 0) is 43.5 Å². The number of aromatic nitrogens is 5. The molecule has 0 radical (unpaired) electrons. The fraction of sp³-hybridized carbons (Fsp3) is 0.310. The fourth-order valence-electron chi connectivity index (χ4n) is 5.12. The van der Waals surface area contributed by atoms with Gasteiger partial charge < -0.3 is 14.9 Å². The van der Waals surface area contributed by atoms with Gasteiger partial charge in [0.15, 0.2) is 11.5 Å². The number of carbonyl (C=O) groups excluding carboxylic acids is 1. The topological polar surface area (TPSA) is 117 Å². The zero-order valence-electron chi connectivity index (χ0n) is 22.9. The molecule has 1 fully saturated rings. The largest absolute Gasteiger partial charge is 0.507 e. The lowest BCUT2D eigenvalue weighted by Gasteiger charge is -2.40. The Morgan fingerprint density at radius 2 is 1.98 bits per heavy atom. The number of anilines is 1. The van der Waals surface area contributed by atoms with Gasteiger partial charge in [0.25, 0.3) is 0 Å². The number of amides is 1. The van der Waals surface area contributed by atoms with Crippen LogP contribution < -0.4 is 10.6 Å². The molecular formula is C29H29ClFN7O3. The Morgan fingerprint density at radius 3 is 2.66 bits per heavy atom. The molecule has 1 atom stereocenters. The number of halogens is 2. The second-order valence-corrected chi connectivity index (χ2v) is 10.7. The van der Waals surface area contributed by atoms with Crippen molar-refractivity contribution < 1.29 is 14.3 Å². The van der Waals surface area contributed by atoms with Crippen LogP contribution in [0, 0.1) is 11.7 Å². The molecule has 0 saturated carbocycles. The first-order valence-electron chi connectivity index (χ1n) is 13.2. The second kappa shape index (κ2) is 11.2. The van der Waals surface area contributed by atoms with E-state index >= 15 is 0 Å². The molecule has 212 valence electrons. The Balaban J connectivity index is 1.79. The highest BCUT2D eigenvalue weighted by atomic mass is 35.5. The minimum atomic E-state index is -0.724. The number of rotatable bonds is 6. The zero-order chi connectivity index (χ0) is 29.4. The van der Waals surface area contributed by atoms with Crippen molar-refractivity contribution in [3.63, 3.8) is 0 Å². The SMILES string of the molecule is C=CC(=O)N1CCN(c2nc(=O)n(-c3nccnc3CC(C)C)c3nc(-c4c(O)cccc4F)c(Cl)cc23)[C@@H](C)C1. The van der Waals surface area contributed by atoms with Crippen molar-refractivity contribution in [2.45, 2.75) is 33.2 Å². The van der Waals surface area contributed by atoms with Crippen LogP contribution in [-0.4, -0.2) is 66.1 Å². The van der Waals surface area contributed by atoms with Gasteiger partial charge in [-0.2, -0.15) is 4.98 Å². The van der Waals surface area contributed by atoms with Crippen molar-refractivity contribution in [2.75, 3.05) is 24.5 Å². The number of hydrogen-bond acceptors (Lipinski definition) is 8. The van der Waals surface area contributed by atoms with Gasteiger partial charge in [0.1, 0.15) is 17.4 Å². The molecular weight excluding hydrogens is 549 g/mol. The predicted molar refractivity (Wildman–Crippen MR) is 155 cm³/mol. The Hall–Kier alpha value is -4.38. The molecule has 0 unspecified atom stereocenters. The van der Waals surface area contributed by atoms with Crippen molar-refractivity contribution in [3.8, 4) is 22.8 Å². The number of fused-ring (bicyclic) bond motifs is 1. The van der Waals surface area contributed by atoms with Crippen molar-refractivity contribution in [1.82, 2.24) is 29.4 Å². The van der Waals surface area contributed by atoms with Gasteiger partial charge in [-0.15, -0.1) is 0 Å². The summed E-state index contributed by atoms with van der Waals surface area (Å²) in [4.78, 5) is 47.7. The summed E-state index contributed by atoms with van der Waals surface area (Å²) in [6.45, 7) is 10.7. The molecule has 1 saturated heterocycles. The molecule has 1 N–H and O–H groups in total. The van der Waals surface area contributed by atoms with Crippen LogP contribution in [0.3, 0.4) is 0 Å². The molecule has 12 heteroatoms. The molecule has 1 amide bonds. The molecule has 1 aromatic carbocycles. The standard InChI is InChI=1S/C29H29ClFN7O3/c1-5-23(40)36-11-12-37(17(4)15-36)26-18-14-19(30)25(24-20(31)7-6-8-22(24)39)34-27(18)38(29(41)35-26)28-21(13-16(2)3)32-9-10-33-28/h5-10,14,16-17,39H,1,11-13,15H2,2-4H3/t17-/m0/s1. The minimum absolute atomic E-state index is 0.0381. The molecule has 0 aliphatic carbocycles. The number of phenols is 1. The third kappa shape index (κ3) is 5.24. The van der Waals surface area contributed by atoms with Gasteiger partial charge in [-0.1, -0.05) is 38.1 Å². The molecule has 3 aromatic heterocycles. The van der Waals surface area contributed by atoms with Gasteiger partial charge >= 0.3 is 5.69 Å². The van der Waals surface area contributed by atoms with E-state index in [0.717, 1.165) is 0 Å². The van der Waals surface area contributed by atoms with Crippen molar-refractivity contribution in [2.24, 2.45) is 5.92 Å².